The van der Waals surface area contributed by atoms with E-state index in [1.165, 1.54) is 0 Å². The van der Waals surface area contributed by atoms with Crippen molar-refractivity contribution in [1.29, 1.82) is 0 Å². The Morgan fingerprint density at radius 2 is 1.70 bits per heavy atom. The van der Waals surface area contributed by atoms with Crippen molar-refractivity contribution in [3.63, 3.8) is 0 Å². The third kappa shape index (κ3) is 1.91. The van der Waals surface area contributed by atoms with E-state index >= 15 is 0 Å². The topological polar surface area (TPSA) is 34.0 Å². The van der Waals surface area contributed by atoms with Gasteiger partial charge in [0.25, 0.3) is 0 Å². The lowest BCUT2D eigenvalue weighted by Gasteiger charge is -2.36. The minimum atomic E-state index is 0.202. The smallest absolute Gasteiger partial charge is 0.0841 e. The van der Waals surface area contributed by atoms with Gasteiger partial charge in [0.2, 0.25) is 0 Å². The maximum Gasteiger partial charge on any atom is 0.0841 e. The highest BCUT2D eigenvalue weighted by molar-refractivity contribution is 4.61. The Labute approximate surface area is 61.6 Å². The van der Waals surface area contributed by atoms with E-state index < -0.39 is 0 Å². The molecule has 0 bridgehead atoms. The summed E-state index contributed by atoms with van der Waals surface area (Å²) in [5.41, 5.74) is 0. The molecule has 1 aliphatic heterocycles. The molecule has 4 nitrogen and oxygen atoms in total. The second kappa shape index (κ2) is 3.30. The fourth-order valence-corrected chi connectivity index (χ4v) is 1.12. The molecule has 0 aliphatic carbocycles. The average molecular weight is 145 g/mol. The van der Waals surface area contributed by atoms with Crippen molar-refractivity contribution in [1.82, 2.24) is 9.91 Å². The van der Waals surface area contributed by atoms with Gasteiger partial charge in [-0.05, 0) is 7.05 Å². The van der Waals surface area contributed by atoms with Crippen LogP contribution in [0, 0.1) is 5.21 Å². The first-order valence-corrected chi connectivity index (χ1v) is 3.64. The molecule has 60 valence electrons. The molecule has 0 aromatic carbocycles. The molecular formula is C6H15N3O. The van der Waals surface area contributed by atoms with Crippen molar-refractivity contribution in [3.05, 3.63) is 5.21 Å². The number of rotatable bonds is 1. The summed E-state index contributed by atoms with van der Waals surface area (Å²) in [6.45, 7) is 3.82. The van der Waals surface area contributed by atoms with Crippen LogP contribution in [-0.2, 0) is 0 Å². The molecule has 0 aromatic rings. The van der Waals surface area contributed by atoms with Crippen molar-refractivity contribution < 1.29 is 5.17 Å². The third-order valence-corrected chi connectivity index (χ3v) is 1.95. The molecule has 1 atom stereocenters. The first kappa shape index (κ1) is 7.94. The van der Waals surface area contributed by atoms with Gasteiger partial charge in [0.15, 0.2) is 0 Å². The van der Waals surface area contributed by atoms with Crippen LogP contribution in [0.4, 0.5) is 0 Å². The number of quaternary nitrogens is 1. The van der Waals surface area contributed by atoms with E-state index in [1.54, 1.807) is 7.05 Å². The van der Waals surface area contributed by atoms with Crippen molar-refractivity contribution in [2.45, 2.75) is 0 Å². The second-order valence-corrected chi connectivity index (χ2v) is 2.81. The number of hydrogen-bond acceptors (Lipinski definition) is 3. The average Bonchev–Trinajstić information content (AvgIpc) is 1.88. The molecule has 1 fully saturated rings. The summed E-state index contributed by atoms with van der Waals surface area (Å²) in [5.74, 6) is 0. The molecule has 1 aliphatic rings. The molecule has 0 spiro atoms. The van der Waals surface area contributed by atoms with E-state index in [1.807, 2.05) is 5.01 Å². The van der Waals surface area contributed by atoms with Crippen molar-refractivity contribution in [2.75, 3.05) is 40.3 Å². The highest BCUT2D eigenvalue weighted by Crippen LogP contribution is 1.91. The van der Waals surface area contributed by atoms with Gasteiger partial charge in [-0.15, -0.1) is 0 Å². The summed E-state index contributed by atoms with van der Waals surface area (Å²) in [7, 11) is 3.71. The van der Waals surface area contributed by atoms with Crippen molar-refractivity contribution in [2.24, 2.45) is 0 Å². The van der Waals surface area contributed by atoms with E-state index in [0.29, 0.717) is 0 Å². The zero-order chi connectivity index (χ0) is 7.56. The van der Waals surface area contributed by atoms with Crippen LogP contribution in [0.25, 0.3) is 0 Å². The monoisotopic (exact) mass is 145 g/mol. The van der Waals surface area contributed by atoms with Crippen LogP contribution < -0.4 is 5.17 Å². The number of nitrogens with one attached hydrogen (secondary N) is 1. The first-order valence-electron chi connectivity index (χ1n) is 3.64. The van der Waals surface area contributed by atoms with Gasteiger partial charge < -0.3 is 10.1 Å². The summed E-state index contributed by atoms with van der Waals surface area (Å²) in [6.07, 6.45) is 0. The molecule has 1 unspecified atom stereocenters. The molecular weight excluding hydrogens is 130 g/mol. The molecule has 1 N–H and O–H groups in total. The maximum absolute atomic E-state index is 10.8. The Kier molecular flexibility index (Phi) is 2.62. The highest BCUT2D eigenvalue weighted by Gasteiger charge is 2.15. The Morgan fingerprint density at radius 3 is 2.10 bits per heavy atom. The van der Waals surface area contributed by atoms with Gasteiger partial charge >= 0.3 is 0 Å². The third-order valence-electron chi connectivity index (χ3n) is 1.95. The Balaban J connectivity index is 2.26. The normalized spacial score (nSPS) is 26.7. The number of likely N-dealkylation sites (N-methyl/N-ethyl adjacent to an activating group) is 1. The van der Waals surface area contributed by atoms with Gasteiger partial charge in [-0.3, -0.25) is 5.17 Å². The lowest BCUT2D eigenvalue weighted by atomic mass is 10.4. The summed E-state index contributed by atoms with van der Waals surface area (Å²) < 4.78 is 0. The van der Waals surface area contributed by atoms with Crippen LogP contribution in [0.3, 0.4) is 0 Å². The maximum atomic E-state index is 10.8. The molecule has 1 heterocycles. The number of hydrogen-bond donors (Lipinski definition) is 1. The summed E-state index contributed by atoms with van der Waals surface area (Å²) in [4.78, 5) is 2.24. The molecule has 0 radical (unpaired) electrons. The summed E-state index contributed by atoms with van der Waals surface area (Å²) in [6, 6.07) is 0. The van der Waals surface area contributed by atoms with E-state index in [2.05, 4.69) is 11.9 Å². The molecule has 1 rings (SSSR count). The molecule has 0 amide bonds. The first-order chi connectivity index (χ1) is 4.70. The Bertz CT molecular complexity index is 99.2. The molecule has 0 saturated carbocycles. The minimum Gasteiger partial charge on any atom is -0.613 e. The van der Waals surface area contributed by atoms with Gasteiger partial charge in [0, 0.05) is 13.1 Å². The van der Waals surface area contributed by atoms with E-state index in [9.17, 15) is 5.21 Å². The van der Waals surface area contributed by atoms with Crippen LogP contribution in [0.2, 0.25) is 0 Å². The van der Waals surface area contributed by atoms with E-state index in [4.69, 9.17) is 0 Å². The standard InChI is InChI=1S/C6H15N3O/c1-7-3-5-9(6-4-7)8(2)10/h8H,3-6H2,1-2H3. The largest absolute Gasteiger partial charge is 0.613 e. The Hall–Kier alpha value is -0.160. The van der Waals surface area contributed by atoms with E-state index in [0.717, 1.165) is 26.2 Å². The number of hydroxylamine groups is 1. The van der Waals surface area contributed by atoms with Gasteiger partial charge in [0.05, 0.1) is 20.1 Å². The number of piperazine rings is 1. The molecule has 1 saturated heterocycles. The molecule has 0 aromatic heterocycles. The van der Waals surface area contributed by atoms with Gasteiger partial charge in [0.1, 0.15) is 0 Å². The lowest BCUT2D eigenvalue weighted by molar-refractivity contribution is -0.955. The van der Waals surface area contributed by atoms with Crippen LogP contribution in [0.15, 0.2) is 0 Å². The van der Waals surface area contributed by atoms with E-state index in [-0.39, 0.29) is 5.17 Å². The Morgan fingerprint density at radius 1 is 1.20 bits per heavy atom. The molecule has 4 heteroatoms. The fraction of sp³-hybridized carbons (Fsp3) is 1.00. The highest BCUT2D eigenvalue weighted by atomic mass is 16.5. The lowest BCUT2D eigenvalue weighted by Crippen LogP contribution is -3.12. The van der Waals surface area contributed by atoms with Crippen molar-refractivity contribution in [3.8, 4) is 0 Å². The minimum absolute atomic E-state index is 0.202. The van der Waals surface area contributed by atoms with Gasteiger partial charge in [-0.1, -0.05) is 0 Å². The summed E-state index contributed by atoms with van der Waals surface area (Å²) in [5, 5.41) is 12.9. The predicted molar refractivity (Wildman–Crippen MR) is 39.3 cm³/mol. The fourth-order valence-electron chi connectivity index (χ4n) is 1.12. The predicted octanol–water partition coefficient (Wildman–Crippen LogP) is -1.84. The molecule has 10 heavy (non-hydrogen) atoms. The van der Waals surface area contributed by atoms with Crippen LogP contribution in [0.5, 0.6) is 0 Å². The quantitative estimate of drug-likeness (QED) is 0.440. The zero-order valence-electron chi connectivity index (χ0n) is 6.63. The second-order valence-electron chi connectivity index (χ2n) is 2.81. The summed E-state index contributed by atoms with van der Waals surface area (Å²) >= 11 is 0. The van der Waals surface area contributed by atoms with Crippen LogP contribution in [-0.4, -0.2) is 50.2 Å². The van der Waals surface area contributed by atoms with Crippen LogP contribution >= 0.6 is 0 Å². The van der Waals surface area contributed by atoms with Gasteiger partial charge in [-0.2, -0.15) is 5.01 Å². The number of nitrogens with zero attached hydrogens (tertiary/aromatic N) is 2. The SMILES string of the molecule is CN1CCN([NH+](C)[O-])CC1. The van der Waals surface area contributed by atoms with Crippen molar-refractivity contribution >= 4 is 0 Å². The zero-order valence-corrected chi connectivity index (χ0v) is 6.63. The van der Waals surface area contributed by atoms with Gasteiger partial charge in [-0.25, -0.2) is 0 Å². The van der Waals surface area contributed by atoms with Crippen LogP contribution in [0.1, 0.15) is 0 Å².